The molecule has 2 N–H and O–H groups in total. The van der Waals surface area contributed by atoms with Crippen molar-refractivity contribution in [3.8, 4) is 17.6 Å². The van der Waals surface area contributed by atoms with Crippen LogP contribution in [0.2, 0.25) is 0 Å². The Morgan fingerprint density at radius 3 is 3.00 bits per heavy atom. The molecule has 0 saturated heterocycles. The highest BCUT2D eigenvalue weighted by Gasteiger charge is 1.93. The summed E-state index contributed by atoms with van der Waals surface area (Å²) < 4.78 is 5.36. The van der Waals surface area contributed by atoms with E-state index in [0.717, 1.165) is 5.69 Å². The van der Waals surface area contributed by atoms with Gasteiger partial charge in [-0.15, -0.1) is 6.58 Å². The third-order valence-corrected chi connectivity index (χ3v) is 2.06. The normalized spacial score (nSPS) is 8.89. The van der Waals surface area contributed by atoms with Gasteiger partial charge in [0.15, 0.2) is 0 Å². The Morgan fingerprint density at radius 1 is 1.47 bits per heavy atom. The number of urea groups is 1. The van der Waals surface area contributed by atoms with Crippen LogP contribution in [-0.2, 0) is 0 Å². The number of carbonyl (C=O) groups excluding carboxylic acids is 1. The molecule has 0 aliphatic carbocycles. The van der Waals surface area contributed by atoms with Gasteiger partial charge in [0, 0.05) is 12.2 Å². The summed E-state index contributed by atoms with van der Waals surface area (Å²) in [5, 5.41) is 5.16. The van der Waals surface area contributed by atoms with Crippen LogP contribution in [0.5, 0.6) is 5.75 Å². The molecule has 1 heterocycles. The molecule has 0 saturated carbocycles. The third kappa shape index (κ3) is 6.74. The van der Waals surface area contributed by atoms with E-state index >= 15 is 0 Å². The number of hydrogen-bond donors (Lipinski definition) is 2. The summed E-state index contributed by atoms with van der Waals surface area (Å²) in [6.45, 7) is 6.38. The number of aryl methyl sites for hydroxylation is 1. The molecule has 0 fully saturated rings. The first-order chi connectivity index (χ1) is 9.22. The molecule has 1 rings (SSSR count). The van der Waals surface area contributed by atoms with Crippen molar-refractivity contribution in [3.05, 3.63) is 36.7 Å². The van der Waals surface area contributed by atoms with Crippen LogP contribution < -0.4 is 15.4 Å². The summed E-state index contributed by atoms with van der Waals surface area (Å²) >= 11 is 0. The van der Waals surface area contributed by atoms with E-state index in [1.807, 2.05) is 19.1 Å². The lowest BCUT2D eigenvalue weighted by Crippen LogP contribution is -2.35. The van der Waals surface area contributed by atoms with Gasteiger partial charge in [-0.25, -0.2) is 4.79 Å². The lowest BCUT2D eigenvalue weighted by Gasteiger charge is -2.02. The lowest BCUT2D eigenvalue weighted by molar-refractivity contribution is 0.243. The Kier molecular flexibility index (Phi) is 6.59. The number of nitrogens with one attached hydrogen (secondary N) is 2. The SMILES string of the molecule is C=CCNC(=O)NCC#CCOc1ccc(C)nc1. The highest BCUT2D eigenvalue weighted by atomic mass is 16.5. The molecule has 0 aromatic carbocycles. The van der Waals surface area contributed by atoms with Crippen molar-refractivity contribution in [3.63, 3.8) is 0 Å². The first kappa shape index (κ1) is 14.6. The fourth-order valence-corrected chi connectivity index (χ4v) is 1.12. The van der Waals surface area contributed by atoms with Gasteiger partial charge in [-0.3, -0.25) is 4.98 Å². The largest absolute Gasteiger partial charge is 0.479 e. The number of carbonyl (C=O) groups is 1. The zero-order valence-electron chi connectivity index (χ0n) is 10.9. The summed E-state index contributed by atoms with van der Waals surface area (Å²) in [6, 6.07) is 3.44. The summed E-state index contributed by atoms with van der Waals surface area (Å²) in [7, 11) is 0. The van der Waals surface area contributed by atoms with Crippen LogP contribution in [0.3, 0.4) is 0 Å². The minimum atomic E-state index is -0.266. The van der Waals surface area contributed by atoms with Crippen molar-refractivity contribution < 1.29 is 9.53 Å². The molecular weight excluding hydrogens is 242 g/mol. The monoisotopic (exact) mass is 259 g/mol. The highest BCUT2D eigenvalue weighted by Crippen LogP contribution is 2.07. The Labute approximate surface area is 113 Å². The fourth-order valence-electron chi connectivity index (χ4n) is 1.12. The average Bonchev–Trinajstić information content (AvgIpc) is 2.42. The molecule has 19 heavy (non-hydrogen) atoms. The van der Waals surface area contributed by atoms with E-state index in [-0.39, 0.29) is 19.2 Å². The zero-order valence-corrected chi connectivity index (χ0v) is 10.9. The lowest BCUT2D eigenvalue weighted by atomic mass is 10.4. The number of nitrogens with zero attached hydrogens (tertiary/aromatic N) is 1. The second-order valence-electron chi connectivity index (χ2n) is 3.63. The van der Waals surface area contributed by atoms with Crippen LogP contribution in [-0.4, -0.2) is 30.7 Å². The number of aromatic nitrogens is 1. The van der Waals surface area contributed by atoms with Crippen LogP contribution in [0.1, 0.15) is 5.69 Å². The minimum absolute atomic E-state index is 0.265. The van der Waals surface area contributed by atoms with Crippen LogP contribution >= 0.6 is 0 Å². The number of ether oxygens (including phenoxy) is 1. The van der Waals surface area contributed by atoms with E-state index in [0.29, 0.717) is 12.3 Å². The Morgan fingerprint density at radius 2 is 2.32 bits per heavy atom. The van der Waals surface area contributed by atoms with Crippen LogP contribution in [0.15, 0.2) is 31.0 Å². The van der Waals surface area contributed by atoms with E-state index in [9.17, 15) is 4.79 Å². The standard InChI is InChI=1S/C14H17N3O2/c1-3-8-15-14(18)16-9-4-5-10-19-13-7-6-12(2)17-11-13/h3,6-7,11H,1,8-10H2,2H3,(H2,15,16,18). The molecule has 0 unspecified atom stereocenters. The molecule has 0 bridgehead atoms. The maximum atomic E-state index is 11.1. The molecule has 1 aromatic heterocycles. The van der Waals surface area contributed by atoms with Crippen molar-refractivity contribution >= 4 is 6.03 Å². The van der Waals surface area contributed by atoms with Gasteiger partial charge in [0.05, 0.1) is 12.7 Å². The Hall–Kier alpha value is -2.48. The van der Waals surface area contributed by atoms with E-state index in [2.05, 4.69) is 34.0 Å². The van der Waals surface area contributed by atoms with Crippen LogP contribution in [0, 0.1) is 18.8 Å². The Bertz CT molecular complexity index is 472. The third-order valence-electron chi connectivity index (χ3n) is 2.06. The van der Waals surface area contributed by atoms with Gasteiger partial charge in [-0.1, -0.05) is 17.9 Å². The molecule has 5 nitrogen and oxygen atoms in total. The van der Waals surface area contributed by atoms with Gasteiger partial charge < -0.3 is 15.4 Å². The molecule has 2 amide bonds. The van der Waals surface area contributed by atoms with E-state index in [1.54, 1.807) is 12.3 Å². The van der Waals surface area contributed by atoms with E-state index < -0.39 is 0 Å². The zero-order chi connectivity index (χ0) is 13.9. The molecule has 0 radical (unpaired) electrons. The number of rotatable bonds is 5. The number of amides is 2. The van der Waals surface area contributed by atoms with Gasteiger partial charge in [0.1, 0.15) is 12.4 Å². The molecule has 0 atom stereocenters. The maximum Gasteiger partial charge on any atom is 0.315 e. The van der Waals surface area contributed by atoms with Gasteiger partial charge in [-0.2, -0.15) is 0 Å². The predicted molar refractivity (Wildman–Crippen MR) is 73.8 cm³/mol. The van der Waals surface area contributed by atoms with E-state index in [1.165, 1.54) is 0 Å². The highest BCUT2D eigenvalue weighted by molar-refractivity contribution is 5.74. The molecule has 0 aliphatic heterocycles. The summed E-state index contributed by atoms with van der Waals surface area (Å²) in [4.78, 5) is 15.2. The fraction of sp³-hybridized carbons (Fsp3) is 0.286. The molecule has 1 aromatic rings. The quantitative estimate of drug-likeness (QED) is 0.618. The second-order valence-corrected chi connectivity index (χ2v) is 3.63. The first-order valence-electron chi connectivity index (χ1n) is 5.86. The summed E-state index contributed by atoms with van der Waals surface area (Å²) in [6.07, 6.45) is 3.26. The predicted octanol–water partition coefficient (Wildman–Crippen LogP) is 1.26. The van der Waals surface area contributed by atoms with Gasteiger partial charge in [0.25, 0.3) is 0 Å². The topological polar surface area (TPSA) is 63.2 Å². The number of pyridine rings is 1. The number of hydrogen-bond acceptors (Lipinski definition) is 3. The minimum Gasteiger partial charge on any atom is -0.479 e. The van der Waals surface area contributed by atoms with Gasteiger partial charge >= 0.3 is 6.03 Å². The van der Waals surface area contributed by atoms with E-state index in [4.69, 9.17) is 4.74 Å². The van der Waals surface area contributed by atoms with Crippen molar-refractivity contribution in [2.75, 3.05) is 19.7 Å². The molecule has 0 aliphatic rings. The smallest absolute Gasteiger partial charge is 0.315 e. The Balaban J connectivity index is 2.16. The van der Waals surface area contributed by atoms with Crippen molar-refractivity contribution in [1.82, 2.24) is 15.6 Å². The van der Waals surface area contributed by atoms with Crippen LogP contribution in [0.4, 0.5) is 4.79 Å². The average molecular weight is 259 g/mol. The molecule has 0 spiro atoms. The van der Waals surface area contributed by atoms with Crippen LogP contribution in [0.25, 0.3) is 0 Å². The summed E-state index contributed by atoms with van der Waals surface area (Å²) in [5.74, 6) is 6.26. The first-order valence-corrected chi connectivity index (χ1v) is 5.86. The second kappa shape index (κ2) is 8.59. The van der Waals surface area contributed by atoms with Crippen molar-refractivity contribution in [2.24, 2.45) is 0 Å². The van der Waals surface area contributed by atoms with Gasteiger partial charge in [-0.05, 0) is 19.1 Å². The van der Waals surface area contributed by atoms with Gasteiger partial charge in [0.2, 0.25) is 0 Å². The van der Waals surface area contributed by atoms with Crippen molar-refractivity contribution in [1.29, 1.82) is 0 Å². The molecule has 5 heteroatoms. The summed E-state index contributed by atoms with van der Waals surface area (Å²) in [5.41, 5.74) is 0.938. The van der Waals surface area contributed by atoms with Crippen molar-refractivity contribution in [2.45, 2.75) is 6.92 Å². The maximum absolute atomic E-state index is 11.1. The molecular formula is C14H17N3O2. The molecule has 100 valence electrons.